The molecule has 0 fully saturated rings. The lowest BCUT2D eigenvalue weighted by molar-refractivity contribution is 0.558. The quantitative estimate of drug-likeness (QED) is 0.0288. The van der Waals surface area contributed by atoms with Crippen LogP contribution in [0, 0.1) is 0 Å². The van der Waals surface area contributed by atoms with Crippen molar-refractivity contribution < 1.29 is 8.37 Å². The molecular weight excluding hydrogens is 609 g/mol. The zero-order valence-corrected chi connectivity index (χ0v) is 30.1. The Morgan fingerprint density at radius 3 is 1.09 bits per heavy atom. The fourth-order valence-electron chi connectivity index (χ4n) is 6.55. The van der Waals surface area contributed by atoms with E-state index in [2.05, 4.69) is 13.8 Å². The zero-order valence-electron chi connectivity index (χ0n) is 28.5. The van der Waals surface area contributed by atoms with Crippen LogP contribution in [0.25, 0.3) is 32.3 Å². The molecule has 6 heteroatoms. The average molecular weight is 665 g/mol. The first-order valence-electron chi connectivity index (χ1n) is 18.4. The van der Waals surface area contributed by atoms with E-state index < -0.39 is 10.9 Å². The minimum Gasteiger partial charge on any atom is -0.421 e. The summed E-state index contributed by atoms with van der Waals surface area (Å²) in [7, 11) is 0. The van der Waals surface area contributed by atoms with Crippen LogP contribution >= 0.6 is 24.1 Å². The van der Waals surface area contributed by atoms with E-state index in [0.717, 1.165) is 45.9 Å². The van der Waals surface area contributed by atoms with Crippen molar-refractivity contribution in [3.05, 3.63) is 56.8 Å². The molecule has 0 amide bonds. The second-order valence-electron chi connectivity index (χ2n) is 12.9. The minimum atomic E-state index is -0.446. The SMILES string of the molecule is CCCCCCCCCCCCSOc1c(OSCCCCCCCCCCCC)c2cccc3c(=O)c(=O)c4cccc1c4c23. The van der Waals surface area contributed by atoms with Gasteiger partial charge in [-0.1, -0.05) is 166 Å². The second-order valence-corrected chi connectivity index (χ2v) is 14.6. The molecule has 4 nitrogen and oxygen atoms in total. The fraction of sp³-hybridized carbons (Fsp3) is 0.600. The van der Waals surface area contributed by atoms with Crippen LogP contribution in [-0.4, -0.2) is 11.5 Å². The van der Waals surface area contributed by atoms with Crippen molar-refractivity contribution in [3.63, 3.8) is 0 Å². The van der Waals surface area contributed by atoms with Gasteiger partial charge in [-0.3, -0.25) is 9.59 Å². The van der Waals surface area contributed by atoms with E-state index in [1.807, 2.05) is 24.3 Å². The molecule has 4 rings (SSSR count). The second kappa shape index (κ2) is 20.9. The summed E-state index contributed by atoms with van der Waals surface area (Å²) in [5.74, 6) is 3.13. The summed E-state index contributed by atoms with van der Waals surface area (Å²) in [6, 6.07) is 11.2. The molecule has 0 N–H and O–H groups in total. The number of hydrogen-bond donors (Lipinski definition) is 0. The van der Waals surface area contributed by atoms with Gasteiger partial charge in [-0.2, -0.15) is 0 Å². The van der Waals surface area contributed by atoms with E-state index in [1.54, 1.807) is 12.1 Å². The van der Waals surface area contributed by atoms with E-state index in [4.69, 9.17) is 8.37 Å². The molecule has 0 saturated carbocycles. The Morgan fingerprint density at radius 1 is 0.435 bits per heavy atom. The molecule has 46 heavy (non-hydrogen) atoms. The highest BCUT2D eigenvalue weighted by atomic mass is 32.2. The van der Waals surface area contributed by atoms with Crippen LogP contribution in [-0.2, 0) is 0 Å². The zero-order chi connectivity index (χ0) is 32.4. The molecule has 0 spiro atoms. The first-order chi connectivity index (χ1) is 22.7. The highest BCUT2D eigenvalue weighted by Crippen LogP contribution is 2.48. The highest BCUT2D eigenvalue weighted by molar-refractivity contribution is 7.95. The summed E-state index contributed by atoms with van der Waals surface area (Å²) in [6.45, 7) is 4.54. The largest absolute Gasteiger partial charge is 0.421 e. The number of unbranched alkanes of at least 4 members (excludes halogenated alkanes) is 18. The Hall–Kier alpha value is -2.18. The van der Waals surface area contributed by atoms with Gasteiger partial charge < -0.3 is 8.37 Å². The third-order valence-corrected chi connectivity index (χ3v) is 10.7. The molecular formula is C40H56O4S2. The molecule has 0 unspecified atom stereocenters. The van der Waals surface area contributed by atoms with Crippen LogP contribution in [0.15, 0.2) is 46.0 Å². The van der Waals surface area contributed by atoms with Crippen molar-refractivity contribution in [1.82, 2.24) is 0 Å². The van der Waals surface area contributed by atoms with Crippen molar-refractivity contribution in [3.8, 4) is 11.5 Å². The maximum atomic E-state index is 13.1. The van der Waals surface area contributed by atoms with Crippen molar-refractivity contribution in [1.29, 1.82) is 0 Å². The molecule has 4 aromatic rings. The van der Waals surface area contributed by atoms with Crippen molar-refractivity contribution in [2.45, 2.75) is 142 Å². The van der Waals surface area contributed by atoms with Crippen molar-refractivity contribution in [2.75, 3.05) is 11.5 Å². The molecule has 0 aromatic heterocycles. The summed E-state index contributed by atoms with van der Waals surface area (Å²) >= 11 is 2.94. The van der Waals surface area contributed by atoms with Gasteiger partial charge in [0.05, 0.1) is 24.1 Å². The van der Waals surface area contributed by atoms with E-state index in [-0.39, 0.29) is 0 Å². The smallest absolute Gasteiger partial charge is 0.234 e. The predicted molar refractivity (Wildman–Crippen MR) is 204 cm³/mol. The van der Waals surface area contributed by atoms with E-state index in [9.17, 15) is 9.59 Å². The molecule has 0 aliphatic carbocycles. The third kappa shape index (κ3) is 10.4. The molecule has 0 saturated heterocycles. The van der Waals surface area contributed by atoms with Gasteiger partial charge in [0.2, 0.25) is 10.9 Å². The lowest BCUT2D eigenvalue weighted by Crippen LogP contribution is -2.24. The van der Waals surface area contributed by atoms with Gasteiger partial charge in [-0.25, -0.2) is 0 Å². The van der Waals surface area contributed by atoms with Crippen LogP contribution in [0.2, 0.25) is 0 Å². The Kier molecular flexibility index (Phi) is 16.7. The lowest BCUT2D eigenvalue weighted by atomic mass is 9.92. The summed E-state index contributed by atoms with van der Waals surface area (Å²) in [5, 5.41) is 4.20. The molecule has 0 radical (unpaired) electrons. The molecule has 0 aliphatic heterocycles. The molecule has 0 heterocycles. The monoisotopic (exact) mass is 664 g/mol. The topological polar surface area (TPSA) is 52.6 Å². The summed E-state index contributed by atoms with van der Waals surface area (Å²) < 4.78 is 12.9. The highest BCUT2D eigenvalue weighted by Gasteiger charge is 2.23. The average Bonchev–Trinajstić information content (AvgIpc) is 3.08. The molecule has 0 aliphatic rings. The summed E-state index contributed by atoms with van der Waals surface area (Å²) in [5.41, 5.74) is -0.892. The first-order valence-corrected chi connectivity index (χ1v) is 20.2. The predicted octanol–water partition coefficient (Wildman–Crippen LogP) is 12.6. The van der Waals surface area contributed by atoms with Crippen LogP contribution in [0.5, 0.6) is 11.5 Å². The van der Waals surface area contributed by atoms with Crippen molar-refractivity contribution in [2.24, 2.45) is 0 Å². The molecule has 252 valence electrons. The van der Waals surface area contributed by atoms with Gasteiger partial charge in [0, 0.05) is 43.8 Å². The number of rotatable bonds is 26. The lowest BCUT2D eigenvalue weighted by Gasteiger charge is -2.18. The minimum absolute atomic E-state index is 0.446. The van der Waals surface area contributed by atoms with Crippen molar-refractivity contribution >= 4 is 56.4 Å². The Labute approximate surface area is 285 Å². The van der Waals surface area contributed by atoms with E-state index >= 15 is 0 Å². The number of hydrogen-bond acceptors (Lipinski definition) is 6. The Balaban J connectivity index is 1.37. The summed E-state index contributed by atoms with van der Waals surface area (Å²) in [4.78, 5) is 26.2. The Morgan fingerprint density at radius 2 is 0.739 bits per heavy atom. The molecule has 0 atom stereocenters. The first kappa shape index (κ1) is 36.7. The van der Waals surface area contributed by atoms with Gasteiger partial charge in [0.15, 0.2) is 11.5 Å². The Bertz CT molecular complexity index is 1420. The normalized spacial score (nSPS) is 11.8. The van der Waals surface area contributed by atoms with E-state index in [0.29, 0.717) is 22.3 Å². The van der Waals surface area contributed by atoms with E-state index in [1.165, 1.54) is 140 Å². The standard InChI is InChI=1S/C40H56O4S2/c1-3-5-7-9-11-13-15-17-19-21-29-45-43-39-33-27-23-25-31-35(33)36-32(38(42)37(31)41)26-24-28-34(36)40(39)44-46-30-22-20-18-16-14-12-10-8-6-4-2/h23-28H,3-22,29-30H2,1-2H3. The van der Waals surface area contributed by atoms with Crippen LogP contribution in [0.4, 0.5) is 0 Å². The fourth-order valence-corrected chi connectivity index (χ4v) is 7.93. The molecule has 4 aromatic carbocycles. The van der Waals surface area contributed by atoms with Gasteiger partial charge in [-0.15, -0.1) is 0 Å². The van der Waals surface area contributed by atoms with Gasteiger partial charge >= 0.3 is 0 Å². The van der Waals surface area contributed by atoms with Gasteiger partial charge in [-0.05, 0) is 12.8 Å². The third-order valence-electron chi connectivity index (χ3n) is 9.22. The van der Waals surface area contributed by atoms with Crippen LogP contribution < -0.4 is 19.2 Å². The van der Waals surface area contributed by atoms with Crippen LogP contribution in [0.1, 0.15) is 142 Å². The van der Waals surface area contributed by atoms with Gasteiger partial charge in [0.1, 0.15) is 0 Å². The maximum Gasteiger partial charge on any atom is 0.234 e. The maximum absolute atomic E-state index is 13.1. The van der Waals surface area contributed by atoms with Crippen LogP contribution in [0.3, 0.4) is 0 Å². The molecule has 0 bridgehead atoms. The summed E-state index contributed by atoms with van der Waals surface area (Å²) in [6.07, 6.45) is 26.1. The number of benzene rings is 4. The van der Waals surface area contributed by atoms with Gasteiger partial charge in [0.25, 0.3) is 0 Å².